The number of hydrogen-bond donors (Lipinski definition) is 0. The Morgan fingerprint density at radius 3 is 2.18 bits per heavy atom. The molecule has 0 saturated heterocycles. The molecule has 2 aromatic rings. The van der Waals surface area contributed by atoms with Crippen LogP contribution in [0.1, 0.15) is 27.0 Å². The fourth-order valence-corrected chi connectivity index (χ4v) is 3.22. The summed E-state index contributed by atoms with van der Waals surface area (Å²) in [5.74, 6) is -1.83. The van der Waals surface area contributed by atoms with E-state index in [0.717, 1.165) is 6.08 Å². The first-order chi connectivity index (χ1) is 12.3. The number of thiophene rings is 1. The van der Waals surface area contributed by atoms with Crippen molar-refractivity contribution >= 4 is 33.3 Å². The molecular formula is C15H8F6NNaO3S2. The van der Waals surface area contributed by atoms with E-state index in [1.165, 1.54) is 17.4 Å². The van der Waals surface area contributed by atoms with Crippen LogP contribution >= 0.6 is 11.3 Å². The number of hydrogen-bond acceptors (Lipinski definition) is 4. The minimum atomic E-state index is -5.32. The van der Waals surface area contributed by atoms with Gasteiger partial charge < -0.3 is 9.52 Å². The normalized spacial score (nSPS) is 12.6. The molecule has 0 aliphatic rings. The van der Waals surface area contributed by atoms with Crippen LogP contribution in [-0.4, -0.2) is 14.3 Å². The average Bonchev–Trinajstić information content (AvgIpc) is 3.04. The van der Waals surface area contributed by atoms with Gasteiger partial charge in [-0.2, -0.15) is 37.7 Å². The van der Waals surface area contributed by atoms with Crippen LogP contribution in [0.3, 0.4) is 0 Å². The molecular weight excluding hydrogens is 443 g/mol. The molecule has 0 N–H and O–H groups in total. The third-order valence-electron chi connectivity index (χ3n) is 3.07. The van der Waals surface area contributed by atoms with Crippen molar-refractivity contribution in [2.75, 3.05) is 0 Å². The van der Waals surface area contributed by atoms with E-state index in [2.05, 4.69) is 4.72 Å². The molecule has 0 atom stereocenters. The summed E-state index contributed by atoms with van der Waals surface area (Å²) in [4.78, 5) is 11.9. The summed E-state index contributed by atoms with van der Waals surface area (Å²) < 4.78 is 103. The van der Waals surface area contributed by atoms with Crippen LogP contribution in [0.25, 0.3) is 10.8 Å². The zero-order chi connectivity index (χ0) is 20.5. The maximum atomic E-state index is 13.0. The Labute approximate surface area is 181 Å². The average molecular weight is 451 g/mol. The summed E-state index contributed by atoms with van der Waals surface area (Å²) in [7, 11) is -4.60. The summed E-state index contributed by atoms with van der Waals surface area (Å²) in [5, 5.41) is 3.70. The van der Waals surface area contributed by atoms with Crippen LogP contribution in [0.5, 0.6) is 0 Å². The van der Waals surface area contributed by atoms with Gasteiger partial charge in [0.25, 0.3) is 0 Å². The number of amides is 1. The topological polar surface area (TPSA) is 65.3 Å². The molecule has 146 valence electrons. The predicted octanol–water partition coefficient (Wildman–Crippen LogP) is 2.30. The number of nitrogens with zero attached hydrogens (tertiary/aromatic N) is 1. The fourth-order valence-electron chi connectivity index (χ4n) is 1.87. The van der Waals surface area contributed by atoms with Crippen LogP contribution in [0, 0.1) is 0 Å². The molecule has 1 amide bonds. The Kier molecular flexibility index (Phi) is 7.93. The third kappa shape index (κ3) is 6.62. The molecule has 0 aliphatic carbocycles. The molecule has 0 spiro atoms. The van der Waals surface area contributed by atoms with E-state index >= 15 is 0 Å². The quantitative estimate of drug-likeness (QED) is 0.530. The molecule has 1 aromatic carbocycles. The number of benzene rings is 1. The van der Waals surface area contributed by atoms with Crippen LogP contribution in [0.2, 0.25) is 0 Å². The van der Waals surface area contributed by atoms with Crippen LogP contribution in [-0.2, 0) is 22.4 Å². The predicted molar refractivity (Wildman–Crippen MR) is 86.4 cm³/mol. The molecule has 1 aromatic heterocycles. The second-order valence-corrected chi connectivity index (χ2v) is 7.29. The Hall–Kier alpha value is -1.34. The standard InChI is InChI=1S/C15H9F6NO3S2.Na/c16-14(17,18)10-1-2-11(12(7-10)15(19,20)21)13(23)22-27(24,25)6-4-9-3-5-26-8-9;/h1-8H,(H,22,23);/q;+1/p-1/b6-4+;. The minimum absolute atomic E-state index is 0. The Bertz CT molecular complexity index is 967. The van der Waals surface area contributed by atoms with Gasteiger partial charge >= 0.3 is 41.9 Å². The molecule has 0 saturated carbocycles. The van der Waals surface area contributed by atoms with Crippen molar-refractivity contribution in [2.45, 2.75) is 12.4 Å². The summed E-state index contributed by atoms with van der Waals surface area (Å²) in [6.07, 6.45) is -9.33. The Morgan fingerprint density at radius 2 is 1.68 bits per heavy atom. The SMILES string of the molecule is O=C([N-]S(=O)(=O)/C=C/c1ccsc1)c1ccc(C(F)(F)F)cc1C(F)(F)F.[Na+]. The van der Waals surface area contributed by atoms with Crippen molar-refractivity contribution in [3.63, 3.8) is 0 Å². The second kappa shape index (κ2) is 8.99. The molecule has 2 rings (SSSR count). The van der Waals surface area contributed by atoms with E-state index in [9.17, 15) is 39.6 Å². The smallest absolute Gasteiger partial charge is 0.538 e. The zero-order valence-corrected chi connectivity index (χ0v) is 17.5. The summed E-state index contributed by atoms with van der Waals surface area (Å²) >= 11 is 1.25. The summed E-state index contributed by atoms with van der Waals surface area (Å²) in [5.41, 5.74) is -4.41. The second-order valence-electron chi connectivity index (χ2n) is 5.03. The third-order valence-corrected chi connectivity index (χ3v) is 4.67. The number of rotatable bonds is 4. The number of alkyl halides is 6. The molecule has 13 heteroatoms. The van der Waals surface area contributed by atoms with Crippen molar-refractivity contribution in [1.29, 1.82) is 0 Å². The van der Waals surface area contributed by atoms with E-state index < -0.39 is 45.0 Å². The molecule has 4 nitrogen and oxygen atoms in total. The number of sulfonamides is 1. The van der Waals surface area contributed by atoms with Gasteiger partial charge in [-0.25, -0.2) is 8.42 Å². The number of carbonyl (C=O) groups excluding carboxylic acids is 1. The van der Waals surface area contributed by atoms with Gasteiger partial charge in [0.05, 0.1) is 17.0 Å². The van der Waals surface area contributed by atoms with Crippen molar-refractivity contribution in [3.05, 3.63) is 67.4 Å². The van der Waals surface area contributed by atoms with Crippen molar-refractivity contribution < 1.29 is 69.1 Å². The largest absolute Gasteiger partial charge is 1.00 e. The van der Waals surface area contributed by atoms with E-state index in [-0.39, 0.29) is 47.8 Å². The summed E-state index contributed by atoms with van der Waals surface area (Å²) in [6, 6.07) is 1.76. The van der Waals surface area contributed by atoms with Crippen molar-refractivity contribution in [3.8, 4) is 0 Å². The first-order valence-electron chi connectivity index (χ1n) is 6.81. The Balaban J connectivity index is 0.00000392. The summed E-state index contributed by atoms with van der Waals surface area (Å²) in [6.45, 7) is 0. The first-order valence-corrected chi connectivity index (χ1v) is 9.25. The molecule has 1 heterocycles. The minimum Gasteiger partial charge on any atom is -0.538 e. The van der Waals surface area contributed by atoms with Gasteiger partial charge in [-0.05, 0) is 40.6 Å². The van der Waals surface area contributed by atoms with Crippen LogP contribution < -0.4 is 29.6 Å². The van der Waals surface area contributed by atoms with Gasteiger partial charge in [0.2, 0.25) is 0 Å². The Morgan fingerprint density at radius 1 is 1.04 bits per heavy atom. The number of halogens is 6. The zero-order valence-electron chi connectivity index (χ0n) is 13.9. The molecule has 0 radical (unpaired) electrons. The molecule has 0 fully saturated rings. The van der Waals surface area contributed by atoms with Gasteiger partial charge in [0, 0.05) is 11.0 Å². The molecule has 0 bridgehead atoms. The van der Waals surface area contributed by atoms with Crippen LogP contribution in [0.15, 0.2) is 40.4 Å². The molecule has 0 unspecified atom stereocenters. The van der Waals surface area contributed by atoms with Gasteiger partial charge in [-0.1, -0.05) is 6.07 Å². The van der Waals surface area contributed by atoms with Crippen molar-refractivity contribution in [1.82, 2.24) is 0 Å². The maximum Gasteiger partial charge on any atom is 1.00 e. The van der Waals surface area contributed by atoms with E-state index in [0.29, 0.717) is 11.0 Å². The van der Waals surface area contributed by atoms with E-state index in [1.807, 2.05) is 0 Å². The van der Waals surface area contributed by atoms with Crippen LogP contribution in [0.4, 0.5) is 26.3 Å². The van der Waals surface area contributed by atoms with Gasteiger partial charge in [0.1, 0.15) is 10.0 Å². The molecule has 0 aliphatic heterocycles. The number of carbonyl (C=O) groups is 1. The molecule has 28 heavy (non-hydrogen) atoms. The maximum absolute atomic E-state index is 13.0. The van der Waals surface area contributed by atoms with E-state index in [1.54, 1.807) is 10.8 Å². The first kappa shape index (κ1) is 24.7. The van der Waals surface area contributed by atoms with E-state index in [4.69, 9.17) is 0 Å². The monoisotopic (exact) mass is 451 g/mol. The van der Waals surface area contributed by atoms with Gasteiger partial charge in [-0.3, -0.25) is 0 Å². The fraction of sp³-hybridized carbons (Fsp3) is 0.133. The van der Waals surface area contributed by atoms with Crippen molar-refractivity contribution in [2.24, 2.45) is 0 Å². The van der Waals surface area contributed by atoms with Gasteiger partial charge in [0.15, 0.2) is 0 Å². The van der Waals surface area contributed by atoms with Gasteiger partial charge in [-0.15, -0.1) is 0 Å².